The second-order valence-corrected chi connectivity index (χ2v) is 6.04. The van der Waals surface area contributed by atoms with Gasteiger partial charge < -0.3 is 10.2 Å². The third-order valence-electron chi connectivity index (χ3n) is 3.89. The minimum atomic E-state index is 0.327. The zero-order chi connectivity index (χ0) is 14.3. The minimum absolute atomic E-state index is 0.327. The normalized spacial score (nSPS) is 14.2. The van der Waals surface area contributed by atoms with Gasteiger partial charge in [0.15, 0.2) is 0 Å². The standard InChI is InChI=1S/C17H30N2/c1-6-11-18-13-17(4,7-2)14-19(5)16-10-8-9-15(3)12-16/h8-10,12,18H,6-7,11,13-14H2,1-5H3. The molecule has 0 radical (unpaired) electrons. The first-order valence-electron chi connectivity index (χ1n) is 7.49. The van der Waals surface area contributed by atoms with Crippen LogP contribution in [-0.2, 0) is 0 Å². The van der Waals surface area contributed by atoms with Crippen LogP contribution in [0.3, 0.4) is 0 Å². The molecule has 19 heavy (non-hydrogen) atoms. The molecular formula is C17H30N2. The lowest BCUT2D eigenvalue weighted by Gasteiger charge is -2.34. The predicted molar refractivity (Wildman–Crippen MR) is 86.0 cm³/mol. The number of aryl methyl sites for hydroxylation is 1. The Morgan fingerprint density at radius 1 is 1.26 bits per heavy atom. The van der Waals surface area contributed by atoms with E-state index in [4.69, 9.17) is 0 Å². The second-order valence-electron chi connectivity index (χ2n) is 6.04. The average molecular weight is 262 g/mol. The molecule has 0 saturated carbocycles. The fourth-order valence-electron chi connectivity index (χ4n) is 2.39. The van der Waals surface area contributed by atoms with Gasteiger partial charge in [0, 0.05) is 25.8 Å². The van der Waals surface area contributed by atoms with E-state index in [1.807, 2.05) is 0 Å². The molecule has 2 nitrogen and oxygen atoms in total. The summed E-state index contributed by atoms with van der Waals surface area (Å²) in [7, 11) is 2.20. The predicted octanol–water partition coefficient (Wildman–Crippen LogP) is 3.85. The Balaban J connectivity index is 2.63. The van der Waals surface area contributed by atoms with Crippen LogP contribution in [0.15, 0.2) is 24.3 Å². The largest absolute Gasteiger partial charge is 0.374 e. The van der Waals surface area contributed by atoms with Gasteiger partial charge in [0.2, 0.25) is 0 Å². The first-order valence-corrected chi connectivity index (χ1v) is 7.49. The Morgan fingerprint density at radius 3 is 2.58 bits per heavy atom. The molecule has 1 rings (SSSR count). The van der Waals surface area contributed by atoms with Crippen LogP contribution < -0.4 is 10.2 Å². The van der Waals surface area contributed by atoms with Crippen LogP contribution in [0.5, 0.6) is 0 Å². The van der Waals surface area contributed by atoms with Crippen molar-refractivity contribution in [3.63, 3.8) is 0 Å². The van der Waals surface area contributed by atoms with Gasteiger partial charge in [0.1, 0.15) is 0 Å². The molecule has 0 aliphatic rings. The first kappa shape index (κ1) is 16.0. The fourth-order valence-corrected chi connectivity index (χ4v) is 2.39. The number of hydrogen-bond acceptors (Lipinski definition) is 2. The second kappa shape index (κ2) is 7.54. The van der Waals surface area contributed by atoms with Crippen molar-refractivity contribution in [1.82, 2.24) is 5.32 Å². The molecular weight excluding hydrogens is 232 g/mol. The summed E-state index contributed by atoms with van der Waals surface area (Å²) in [4.78, 5) is 2.38. The molecule has 1 unspecified atom stereocenters. The van der Waals surface area contributed by atoms with Crippen LogP contribution in [0, 0.1) is 12.3 Å². The third kappa shape index (κ3) is 5.23. The molecule has 2 heteroatoms. The molecule has 1 N–H and O–H groups in total. The minimum Gasteiger partial charge on any atom is -0.374 e. The molecule has 0 fully saturated rings. The van der Waals surface area contributed by atoms with Crippen molar-refractivity contribution >= 4 is 5.69 Å². The maximum atomic E-state index is 3.57. The van der Waals surface area contributed by atoms with E-state index in [0.29, 0.717) is 5.41 Å². The molecule has 0 aliphatic carbocycles. The van der Waals surface area contributed by atoms with Gasteiger partial charge in [0.05, 0.1) is 0 Å². The SMILES string of the molecule is CCCNCC(C)(CC)CN(C)c1cccc(C)c1. The van der Waals surface area contributed by atoms with Crippen LogP contribution >= 0.6 is 0 Å². The van der Waals surface area contributed by atoms with Crippen molar-refractivity contribution in [2.24, 2.45) is 5.41 Å². The highest BCUT2D eigenvalue weighted by atomic mass is 15.1. The van der Waals surface area contributed by atoms with E-state index < -0.39 is 0 Å². The van der Waals surface area contributed by atoms with Gasteiger partial charge in [-0.1, -0.05) is 32.9 Å². The molecule has 0 saturated heterocycles. The lowest BCUT2D eigenvalue weighted by atomic mass is 9.86. The van der Waals surface area contributed by atoms with Gasteiger partial charge in [-0.3, -0.25) is 0 Å². The van der Waals surface area contributed by atoms with Crippen molar-refractivity contribution in [2.75, 3.05) is 31.6 Å². The number of nitrogens with zero attached hydrogens (tertiary/aromatic N) is 1. The molecule has 0 aromatic heterocycles. The zero-order valence-corrected chi connectivity index (χ0v) is 13.3. The Hall–Kier alpha value is -1.02. The van der Waals surface area contributed by atoms with E-state index in [0.717, 1.165) is 19.6 Å². The Labute approximate surface area is 119 Å². The summed E-state index contributed by atoms with van der Waals surface area (Å²) in [6.07, 6.45) is 2.40. The maximum absolute atomic E-state index is 3.57. The van der Waals surface area contributed by atoms with Crippen LogP contribution in [0.4, 0.5) is 5.69 Å². The first-order chi connectivity index (χ1) is 9.00. The average Bonchev–Trinajstić information content (AvgIpc) is 2.39. The zero-order valence-electron chi connectivity index (χ0n) is 13.3. The van der Waals surface area contributed by atoms with Crippen LogP contribution in [0.1, 0.15) is 39.2 Å². The number of hydrogen-bond donors (Lipinski definition) is 1. The summed E-state index contributed by atoms with van der Waals surface area (Å²) in [5.74, 6) is 0. The van der Waals surface area contributed by atoms with E-state index >= 15 is 0 Å². The van der Waals surface area contributed by atoms with Crippen molar-refractivity contribution in [2.45, 2.75) is 40.5 Å². The summed E-state index contributed by atoms with van der Waals surface area (Å²) in [5, 5.41) is 3.57. The van der Waals surface area contributed by atoms with E-state index in [1.54, 1.807) is 0 Å². The van der Waals surface area contributed by atoms with Crippen LogP contribution in [0.25, 0.3) is 0 Å². The van der Waals surface area contributed by atoms with Gasteiger partial charge in [-0.25, -0.2) is 0 Å². The van der Waals surface area contributed by atoms with Gasteiger partial charge in [-0.15, -0.1) is 0 Å². The summed E-state index contributed by atoms with van der Waals surface area (Å²) in [6.45, 7) is 12.3. The highest BCUT2D eigenvalue weighted by molar-refractivity contribution is 5.47. The lowest BCUT2D eigenvalue weighted by molar-refractivity contribution is 0.300. The molecule has 0 bridgehead atoms. The number of rotatable bonds is 8. The van der Waals surface area contributed by atoms with E-state index in [9.17, 15) is 0 Å². The smallest absolute Gasteiger partial charge is 0.0366 e. The molecule has 0 amide bonds. The summed E-state index contributed by atoms with van der Waals surface area (Å²) in [5.41, 5.74) is 2.97. The molecule has 1 atom stereocenters. The number of nitrogens with one attached hydrogen (secondary N) is 1. The summed E-state index contributed by atoms with van der Waals surface area (Å²) < 4.78 is 0. The van der Waals surface area contributed by atoms with E-state index in [1.165, 1.54) is 24.1 Å². The van der Waals surface area contributed by atoms with Crippen LogP contribution in [-0.4, -0.2) is 26.7 Å². The molecule has 108 valence electrons. The van der Waals surface area contributed by atoms with Gasteiger partial charge in [0.25, 0.3) is 0 Å². The van der Waals surface area contributed by atoms with Crippen molar-refractivity contribution < 1.29 is 0 Å². The number of benzene rings is 1. The monoisotopic (exact) mass is 262 g/mol. The van der Waals surface area contributed by atoms with Gasteiger partial charge >= 0.3 is 0 Å². The number of anilines is 1. The summed E-state index contributed by atoms with van der Waals surface area (Å²) >= 11 is 0. The van der Waals surface area contributed by atoms with Gasteiger partial charge in [-0.05, 0) is 49.4 Å². The van der Waals surface area contributed by atoms with E-state index in [2.05, 4.69) is 69.2 Å². The van der Waals surface area contributed by atoms with Gasteiger partial charge in [-0.2, -0.15) is 0 Å². The molecule has 0 spiro atoms. The molecule has 0 aliphatic heterocycles. The highest BCUT2D eigenvalue weighted by Gasteiger charge is 2.23. The summed E-state index contributed by atoms with van der Waals surface area (Å²) in [6, 6.07) is 8.75. The quantitative estimate of drug-likeness (QED) is 0.716. The van der Waals surface area contributed by atoms with Crippen molar-refractivity contribution in [3.8, 4) is 0 Å². The van der Waals surface area contributed by atoms with Crippen LogP contribution in [0.2, 0.25) is 0 Å². The molecule has 1 aromatic rings. The highest BCUT2D eigenvalue weighted by Crippen LogP contribution is 2.24. The van der Waals surface area contributed by atoms with E-state index in [-0.39, 0.29) is 0 Å². The fraction of sp³-hybridized carbons (Fsp3) is 0.647. The Morgan fingerprint density at radius 2 is 2.00 bits per heavy atom. The Bertz CT molecular complexity index is 375. The Kier molecular flexibility index (Phi) is 6.36. The molecule has 1 aromatic carbocycles. The molecule has 0 heterocycles. The maximum Gasteiger partial charge on any atom is 0.0366 e. The van der Waals surface area contributed by atoms with Crippen molar-refractivity contribution in [1.29, 1.82) is 0 Å². The van der Waals surface area contributed by atoms with Crippen molar-refractivity contribution in [3.05, 3.63) is 29.8 Å². The lowest BCUT2D eigenvalue weighted by Crippen LogP contribution is -2.41. The third-order valence-corrected chi connectivity index (χ3v) is 3.89. The topological polar surface area (TPSA) is 15.3 Å².